The van der Waals surface area contributed by atoms with Crippen molar-refractivity contribution in [2.45, 2.75) is 19.8 Å². The summed E-state index contributed by atoms with van der Waals surface area (Å²) in [5.74, 6) is 0.822. The molecule has 1 aromatic rings. The molecule has 3 nitrogen and oxygen atoms in total. The van der Waals surface area contributed by atoms with Gasteiger partial charge in [0, 0.05) is 18.0 Å². The van der Waals surface area contributed by atoms with Crippen LogP contribution in [0.2, 0.25) is 0 Å². The van der Waals surface area contributed by atoms with Crippen molar-refractivity contribution in [1.29, 1.82) is 0 Å². The van der Waals surface area contributed by atoms with E-state index in [-0.39, 0.29) is 18.3 Å². The van der Waals surface area contributed by atoms with E-state index in [1.54, 1.807) is 11.3 Å². The predicted octanol–water partition coefficient (Wildman–Crippen LogP) is 2.55. The average molecular weight is 289 g/mol. The molecule has 1 aromatic heterocycles. The number of rotatable bonds is 3. The Morgan fingerprint density at radius 2 is 2.33 bits per heavy atom. The van der Waals surface area contributed by atoms with Crippen molar-refractivity contribution in [3.63, 3.8) is 0 Å². The Bertz CT molecular complexity index is 392. The maximum absolute atomic E-state index is 12.3. The van der Waals surface area contributed by atoms with Crippen molar-refractivity contribution in [3.8, 4) is 0 Å². The highest BCUT2D eigenvalue weighted by atomic mass is 35.5. The second-order valence-corrected chi connectivity index (χ2v) is 6.02. The number of thiophene rings is 1. The zero-order chi connectivity index (χ0) is 12.3. The lowest BCUT2D eigenvalue weighted by Crippen LogP contribution is -2.42. The normalized spacial score (nSPS) is 19.4. The van der Waals surface area contributed by atoms with Crippen molar-refractivity contribution in [2.24, 2.45) is 5.92 Å². The van der Waals surface area contributed by atoms with Crippen molar-refractivity contribution in [2.75, 3.05) is 26.7 Å². The Kier molecular flexibility index (Phi) is 6.12. The van der Waals surface area contributed by atoms with E-state index in [0.717, 1.165) is 30.9 Å². The van der Waals surface area contributed by atoms with Crippen LogP contribution in [0.3, 0.4) is 0 Å². The molecule has 1 amide bonds. The molecule has 18 heavy (non-hydrogen) atoms. The monoisotopic (exact) mass is 288 g/mol. The lowest BCUT2D eigenvalue weighted by atomic mass is 9.98. The number of piperidine rings is 1. The number of nitrogens with one attached hydrogen (secondary N) is 1. The van der Waals surface area contributed by atoms with Gasteiger partial charge in [-0.25, -0.2) is 0 Å². The lowest BCUT2D eigenvalue weighted by molar-refractivity contribution is 0.0679. The molecule has 0 saturated carbocycles. The minimum absolute atomic E-state index is 0. The molecular formula is C13H21ClN2OS. The van der Waals surface area contributed by atoms with E-state index in [1.165, 1.54) is 11.3 Å². The van der Waals surface area contributed by atoms with Gasteiger partial charge in [-0.3, -0.25) is 4.79 Å². The zero-order valence-corrected chi connectivity index (χ0v) is 12.6. The summed E-state index contributed by atoms with van der Waals surface area (Å²) in [7, 11) is 1.98. The standard InChI is InChI=1S/C13H20N2OS.ClH/c1-10-5-6-12(17-10)13(16)15-7-3-4-11(9-15)8-14-2;/h5-6,11,14H,3-4,7-9H2,1-2H3;1H. The summed E-state index contributed by atoms with van der Waals surface area (Å²) in [5.41, 5.74) is 0. The fraction of sp³-hybridized carbons (Fsp3) is 0.615. The number of nitrogens with zero attached hydrogens (tertiary/aromatic N) is 1. The maximum atomic E-state index is 12.3. The van der Waals surface area contributed by atoms with E-state index in [4.69, 9.17) is 0 Å². The molecule has 1 saturated heterocycles. The summed E-state index contributed by atoms with van der Waals surface area (Å²) in [6.45, 7) is 4.86. The first-order valence-electron chi connectivity index (χ1n) is 6.21. The molecule has 1 unspecified atom stereocenters. The minimum Gasteiger partial charge on any atom is -0.338 e. The second-order valence-electron chi connectivity index (χ2n) is 4.73. The molecule has 0 aromatic carbocycles. The highest BCUT2D eigenvalue weighted by Crippen LogP contribution is 2.21. The first-order chi connectivity index (χ1) is 8.20. The quantitative estimate of drug-likeness (QED) is 0.927. The number of amides is 1. The fourth-order valence-corrected chi connectivity index (χ4v) is 3.25. The average Bonchev–Trinajstić information content (AvgIpc) is 2.76. The number of carbonyl (C=O) groups is 1. The van der Waals surface area contributed by atoms with E-state index in [0.29, 0.717) is 5.92 Å². The largest absolute Gasteiger partial charge is 0.338 e. The lowest BCUT2D eigenvalue weighted by Gasteiger charge is -2.32. The third-order valence-corrected chi connectivity index (χ3v) is 4.24. The number of hydrogen-bond acceptors (Lipinski definition) is 3. The van der Waals surface area contributed by atoms with Crippen LogP contribution < -0.4 is 5.32 Å². The third kappa shape index (κ3) is 3.70. The maximum Gasteiger partial charge on any atom is 0.263 e. The number of aryl methyl sites for hydroxylation is 1. The molecule has 1 aliphatic rings. The molecule has 102 valence electrons. The molecule has 1 aliphatic heterocycles. The van der Waals surface area contributed by atoms with Gasteiger partial charge in [-0.2, -0.15) is 0 Å². The summed E-state index contributed by atoms with van der Waals surface area (Å²) in [4.78, 5) is 16.4. The van der Waals surface area contributed by atoms with Crippen LogP contribution in [-0.2, 0) is 0 Å². The molecule has 5 heteroatoms. The Morgan fingerprint density at radius 1 is 1.56 bits per heavy atom. The number of likely N-dealkylation sites (tertiary alicyclic amines) is 1. The Hall–Kier alpha value is -0.580. The number of carbonyl (C=O) groups excluding carboxylic acids is 1. The Labute approximate surface area is 119 Å². The van der Waals surface area contributed by atoms with E-state index in [1.807, 2.05) is 31.0 Å². The van der Waals surface area contributed by atoms with Gasteiger partial charge in [-0.05, 0) is 51.4 Å². The van der Waals surface area contributed by atoms with Crippen LogP contribution in [0, 0.1) is 12.8 Å². The van der Waals surface area contributed by atoms with E-state index in [2.05, 4.69) is 5.32 Å². The van der Waals surface area contributed by atoms with E-state index < -0.39 is 0 Å². The molecule has 2 rings (SSSR count). The first kappa shape index (κ1) is 15.5. The molecule has 0 spiro atoms. The van der Waals surface area contributed by atoms with E-state index >= 15 is 0 Å². The van der Waals surface area contributed by atoms with Crippen LogP contribution in [0.4, 0.5) is 0 Å². The van der Waals surface area contributed by atoms with Crippen molar-refractivity contribution in [1.82, 2.24) is 10.2 Å². The molecule has 1 fully saturated rings. The van der Waals surface area contributed by atoms with E-state index in [9.17, 15) is 4.79 Å². The number of hydrogen-bond donors (Lipinski definition) is 1. The van der Waals surface area contributed by atoms with Gasteiger partial charge in [-0.15, -0.1) is 23.7 Å². The minimum atomic E-state index is 0. The van der Waals surface area contributed by atoms with Gasteiger partial charge in [0.05, 0.1) is 4.88 Å². The SMILES string of the molecule is CNCC1CCCN(C(=O)c2ccc(C)s2)C1.Cl. The Morgan fingerprint density at radius 3 is 2.94 bits per heavy atom. The smallest absolute Gasteiger partial charge is 0.263 e. The predicted molar refractivity (Wildman–Crippen MR) is 78.9 cm³/mol. The van der Waals surface area contributed by atoms with Crippen LogP contribution >= 0.6 is 23.7 Å². The van der Waals surface area contributed by atoms with Gasteiger partial charge in [-0.1, -0.05) is 0 Å². The topological polar surface area (TPSA) is 32.3 Å². The van der Waals surface area contributed by atoms with Gasteiger partial charge < -0.3 is 10.2 Å². The van der Waals surface area contributed by atoms with Crippen LogP contribution in [-0.4, -0.2) is 37.5 Å². The summed E-state index contributed by atoms with van der Waals surface area (Å²) in [6, 6.07) is 3.97. The van der Waals surface area contributed by atoms with Gasteiger partial charge in [0.15, 0.2) is 0 Å². The summed E-state index contributed by atoms with van der Waals surface area (Å²) >= 11 is 1.60. The molecule has 1 N–H and O–H groups in total. The van der Waals surface area contributed by atoms with Crippen molar-refractivity contribution < 1.29 is 4.79 Å². The molecular weight excluding hydrogens is 268 g/mol. The molecule has 0 bridgehead atoms. The highest BCUT2D eigenvalue weighted by Gasteiger charge is 2.24. The summed E-state index contributed by atoms with van der Waals surface area (Å²) < 4.78 is 0. The van der Waals surface area contributed by atoms with Crippen LogP contribution in [0.25, 0.3) is 0 Å². The van der Waals surface area contributed by atoms with Gasteiger partial charge >= 0.3 is 0 Å². The van der Waals surface area contributed by atoms with Gasteiger partial charge in [0.2, 0.25) is 0 Å². The summed E-state index contributed by atoms with van der Waals surface area (Å²) in [6.07, 6.45) is 2.36. The summed E-state index contributed by atoms with van der Waals surface area (Å²) in [5, 5.41) is 3.21. The van der Waals surface area contributed by atoms with Crippen LogP contribution in [0.5, 0.6) is 0 Å². The number of halogens is 1. The molecule has 0 aliphatic carbocycles. The van der Waals surface area contributed by atoms with Crippen LogP contribution in [0.1, 0.15) is 27.4 Å². The highest BCUT2D eigenvalue weighted by molar-refractivity contribution is 7.13. The van der Waals surface area contributed by atoms with Gasteiger partial charge in [0.1, 0.15) is 0 Å². The Balaban J connectivity index is 0.00000162. The van der Waals surface area contributed by atoms with Gasteiger partial charge in [0.25, 0.3) is 5.91 Å². The fourth-order valence-electron chi connectivity index (χ4n) is 2.41. The molecule has 1 atom stereocenters. The third-order valence-electron chi connectivity index (χ3n) is 3.25. The van der Waals surface area contributed by atoms with Crippen molar-refractivity contribution in [3.05, 3.63) is 21.9 Å². The van der Waals surface area contributed by atoms with Crippen molar-refractivity contribution >= 4 is 29.7 Å². The zero-order valence-electron chi connectivity index (χ0n) is 10.9. The van der Waals surface area contributed by atoms with Crippen LogP contribution in [0.15, 0.2) is 12.1 Å². The molecule has 0 radical (unpaired) electrons. The molecule has 2 heterocycles. The second kappa shape index (κ2) is 7.12. The first-order valence-corrected chi connectivity index (χ1v) is 7.02.